The summed E-state index contributed by atoms with van der Waals surface area (Å²) in [5.74, 6) is 1.36. The van der Waals surface area contributed by atoms with Gasteiger partial charge in [0.2, 0.25) is 5.91 Å². The molecule has 0 aromatic carbocycles. The lowest BCUT2D eigenvalue weighted by Crippen LogP contribution is -2.32. The number of amides is 1. The number of ether oxygens (including phenoxy) is 1. The molecular formula is C13H23NO3. The van der Waals surface area contributed by atoms with E-state index in [1.165, 1.54) is 0 Å². The van der Waals surface area contributed by atoms with E-state index in [9.17, 15) is 9.90 Å². The fourth-order valence-corrected chi connectivity index (χ4v) is 3.21. The maximum atomic E-state index is 12.1. The molecule has 0 aromatic heterocycles. The number of nitrogens with zero attached hydrogens (tertiary/aromatic N) is 1. The number of aliphatic hydroxyl groups is 1. The van der Waals surface area contributed by atoms with E-state index in [1.807, 2.05) is 11.8 Å². The number of fused-ring (bicyclic) bond motifs is 1. The Bertz CT molecular complexity index is 282. The monoisotopic (exact) mass is 241 g/mol. The zero-order valence-electron chi connectivity index (χ0n) is 10.8. The topological polar surface area (TPSA) is 49.8 Å². The molecule has 2 aliphatic rings. The summed E-state index contributed by atoms with van der Waals surface area (Å²) in [4.78, 5) is 14.0. The maximum absolute atomic E-state index is 12.1. The fourth-order valence-electron chi connectivity index (χ4n) is 3.21. The molecule has 2 rings (SSSR count). The highest BCUT2D eigenvalue weighted by atomic mass is 16.5. The van der Waals surface area contributed by atoms with E-state index in [0.717, 1.165) is 25.9 Å². The average Bonchev–Trinajstić information content (AvgIpc) is 2.81. The Kier molecular flexibility index (Phi) is 4.05. The van der Waals surface area contributed by atoms with Crippen LogP contribution in [0.15, 0.2) is 0 Å². The van der Waals surface area contributed by atoms with Crippen LogP contribution in [0.2, 0.25) is 0 Å². The van der Waals surface area contributed by atoms with E-state index < -0.39 is 0 Å². The Morgan fingerprint density at radius 2 is 2.24 bits per heavy atom. The predicted octanol–water partition coefficient (Wildman–Crippen LogP) is 0.888. The summed E-state index contributed by atoms with van der Waals surface area (Å²) in [5, 5.41) is 9.81. The first-order valence-electron chi connectivity index (χ1n) is 6.56. The van der Waals surface area contributed by atoms with Gasteiger partial charge in [-0.2, -0.15) is 0 Å². The van der Waals surface area contributed by atoms with Crippen LogP contribution >= 0.6 is 0 Å². The van der Waals surface area contributed by atoms with Gasteiger partial charge >= 0.3 is 0 Å². The van der Waals surface area contributed by atoms with Gasteiger partial charge in [0.25, 0.3) is 0 Å². The average molecular weight is 241 g/mol. The quantitative estimate of drug-likeness (QED) is 0.795. The number of hydrogen-bond donors (Lipinski definition) is 1. The third-order valence-electron chi connectivity index (χ3n) is 4.15. The van der Waals surface area contributed by atoms with Gasteiger partial charge < -0.3 is 14.7 Å². The summed E-state index contributed by atoms with van der Waals surface area (Å²) in [6, 6.07) is 0. The zero-order valence-corrected chi connectivity index (χ0v) is 10.8. The zero-order chi connectivity index (χ0) is 12.4. The molecule has 0 radical (unpaired) electrons. The van der Waals surface area contributed by atoms with Crippen molar-refractivity contribution in [3.63, 3.8) is 0 Å². The molecular weight excluding hydrogens is 218 g/mol. The summed E-state index contributed by atoms with van der Waals surface area (Å²) >= 11 is 0. The van der Waals surface area contributed by atoms with Gasteiger partial charge in [-0.3, -0.25) is 4.79 Å². The van der Waals surface area contributed by atoms with Crippen LogP contribution in [-0.2, 0) is 9.53 Å². The molecule has 4 nitrogen and oxygen atoms in total. The highest BCUT2D eigenvalue weighted by Gasteiger charge is 2.43. The summed E-state index contributed by atoms with van der Waals surface area (Å²) < 4.78 is 5.05. The summed E-state index contributed by atoms with van der Waals surface area (Å²) in [7, 11) is 1.66. The van der Waals surface area contributed by atoms with Crippen molar-refractivity contribution in [2.45, 2.75) is 32.3 Å². The molecule has 2 fully saturated rings. The van der Waals surface area contributed by atoms with Crippen molar-refractivity contribution in [3.05, 3.63) is 0 Å². The molecule has 98 valence electrons. The molecule has 1 amide bonds. The van der Waals surface area contributed by atoms with Gasteiger partial charge in [-0.1, -0.05) is 6.92 Å². The molecule has 1 saturated heterocycles. The van der Waals surface area contributed by atoms with Crippen LogP contribution in [0.25, 0.3) is 0 Å². The fraction of sp³-hybridized carbons (Fsp3) is 0.923. The first kappa shape index (κ1) is 12.8. The van der Waals surface area contributed by atoms with Crippen molar-refractivity contribution in [1.29, 1.82) is 0 Å². The Morgan fingerprint density at radius 3 is 2.88 bits per heavy atom. The van der Waals surface area contributed by atoms with E-state index >= 15 is 0 Å². The Hall–Kier alpha value is -0.610. The van der Waals surface area contributed by atoms with E-state index in [2.05, 4.69) is 0 Å². The van der Waals surface area contributed by atoms with Crippen molar-refractivity contribution in [3.8, 4) is 0 Å². The van der Waals surface area contributed by atoms with Crippen LogP contribution in [0.4, 0.5) is 0 Å². The van der Waals surface area contributed by atoms with Crippen LogP contribution in [0, 0.1) is 17.8 Å². The van der Waals surface area contributed by atoms with Gasteiger partial charge in [-0.05, 0) is 24.7 Å². The van der Waals surface area contributed by atoms with Gasteiger partial charge in [-0.25, -0.2) is 0 Å². The molecule has 1 aliphatic carbocycles. The number of rotatable bonds is 4. The molecule has 1 aliphatic heterocycles. The van der Waals surface area contributed by atoms with E-state index in [1.54, 1.807) is 7.11 Å². The number of aliphatic hydroxyl groups excluding tert-OH is 1. The van der Waals surface area contributed by atoms with E-state index in [4.69, 9.17) is 4.74 Å². The third kappa shape index (κ3) is 2.80. The van der Waals surface area contributed by atoms with Gasteiger partial charge in [-0.15, -0.1) is 0 Å². The molecule has 0 spiro atoms. The minimum absolute atomic E-state index is 0.186. The SMILES string of the molecule is COCC(C)CC(=O)N1CC2CCC(O)C2C1. The minimum Gasteiger partial charge on any atom is -0.393 e. The van der Waals surface area contributed by atoms with E-state index in [-0.39, 0.29) is 17.9 Å². The van der Waals surface area contributed by atoms with Crippen LogP contribution in [0.3, 0.4) is 0 Å². The van der Waals surface area contributed by atoms with Crippen molar-refractivity contribution >= 4 is 5.91 Å². The molecule has 17 heavy (non-hydrogen) atoms. The first-order chi connectivity index (χ1) is 8.11. The third-order valence-corrected chi connectivity index (χ3v) is 4.15. The highest BCUT2D eigenvalue weighted by Crippen LogP contribution is 2.38. The molecule has 1 heterocycles. The van der Waals surface area contributed by atoms with Crippen molar-refractivity contribution in [2.75, 3.05) is 26.8 Å². The Morgan fingerprint density at radius 1 is 1.47 bits per heavy atom. The highest BCUT2D eigenvalue weighted by molar-refractivity contribution is 5.76. The molecule has 0 bridgehead atoms. The minimum atomic E-state index is -0.186. The standard InChI is InChI=1S/C13H23NO3/c1-9(8-17-2)5-13(16)14-6-10-3-4-12(15)11(10)7-14/h9-12,15H,3-8H2,1-2H3. The summed E-state index contributed by atoms with van der Waals surface area (Å²) in [6.07, 6.45) is 2.36. The Balaban J connectivity index is 1.82. The lowest BCUT2D eigenvalue weighted by Gasteiger charge is -2.20. The molecule has 1 N–H and O–H groups in total. The summed E-state index contributed by atoms with van der Waals surface area (Å²) in [5.41, 5.74) is 0. The van der Waals surface area contributed by atoms with Crippen molar-refractivity contribution in [1.82, 2.24) is 4.90 Å². The lowest BCUT2D eigenvalue weighted by molar-refractivity contribution is -0.131. The van der Waals surface area contributed by atoms with Crippen LogP contribution < -0.4 is 0 Å². The van der Waals surface area contributed by atoms with Crippen molar-refractivity contribution in [2.24, 2.45) is 17.8 Å². The van der Waals surface area contributed by atoms with Crippen LogP contribution in [-0.4, -0.2) is 48.8 Å². The number of hydrogen-bond acceptors (Lipinski definition) is 3. The first-order valence-corrected chi connectivity index (χ1v) is 6.56. The molecule has 1 saturated carbocycles. The molecule has 4 heteroatoms. The van der Waals surface area contributed by atoms with Gasteiger partial charge in [0, 0.05) is 39.1 Å². The lowest BCUT2D eigenvalue weighted by atomic mass is 10.00. The number of methoxy groups -OCH3 is 1. The Labute approximate surface area is 103 Å². The van der Waals surface area contributed by atoms with Crippen LogP contribution in [0.5, 0.6) is 0 Å². The number of carbonyl (C=O) groups is 1. The molecule has 0 aromatic rings. The molecule has 4 unspecified atom stereocenters. The van der Waals surface area contributed by atoms with E-state index in [0.29, 0.717) is 24.9 Å². The smallest absolute Gasteiger partial charge is 0.222 e. The van der Waals surface area contributed by atoms with Gasteiger partial charge in [0.1, 0.15) is 0 Å². The van der Waals surface area contributed by atoms with Gasteiger partial charge in [0.05, 0.1) is 6.10 Å². The van der Waals surface area contributed by atoms with Gasteiger partial charge in [0.15, 0.2) is 0 Å². The number of likely N-dealkylation sites (tertiary alicyclic amines) is 1. The normalized spacial score (nSPS) is 33.8. The second-order valence-electron chi connectivity index (χ2n) is 5.63. The maximum Gasteiger partial charge on any atom is 0.222 e. The summed E-state index contributed by atoms with van der Waals surface area (Å²) in [6.45, 7) is 4.27. The second kappa shape index (κ2) is 5.36. The predicted molar refractivity (Wildman–Crippen MR) is 64.5 cm³/mol. The van der Waals surface area contributed by atoms with Crippen molar-refractivity contribution < 1.29 is 14.6 Å². The van der Waals surface area contributed by atoms with Crippen LogP contribution in [0.1, 0.15) is 26.2 Å². The largest absolute Gasteiger partial charge is 0.393 e. The second-order valence-corrected chi connectivity index (χ2v) is 5.63. The number of carbonyl (C=O) groups excluding carboxylic acids is 1. The molecule has 4 atom stereocenters.